The van der Waals surface area contributed by atoms with Crippen molar-refractivity contribution in [3.63, 3.8) is 0 Å². The van der Waals surface area contributed by atoms with Crippen LogP contribution in [0.25, 0.3) is 0 Å². The quantitative estimate of drug-likeness (QED) is 0.530. The molecule has 0 heterocycles. The lowest BCUT2D eigenvalue weighted by molar-refractivity contribution is -0.146. The van der Waals surface area contributed by atoms with Crippen LogP contribution in [0.2, 0.25) is 0 Å². The highest BCUT2D eigenvalue weighted by Crippen LogP contribution is 2.05. The fraction of sp³-hybridized carbons (Fsp3) is 0.692. The van der Waals surface area contributed by atoms with Crippen LogP contribution in [-0.2, 0) is 19.1 Å². The Bertz CT molecular complexity index is 294. The van der Waals surface area contributed by atoms with Crippen LogP contribution >= 0.6 is 0 Å². The fourth-order valence-corrected chi connectivity index (χ4v) is 0.910. The minimum atomic E-state index is -0.502. The number of carbonyl (C=O) groups excluding carboxylic acids is 2. The van der Waals surface area contributed by atoms with Crippen molar-refractivity contribution in [2.24, 2.45) is 0 Å². The van der Waals surface area contributed by atoms with E-state index in [1.54, 1.807) is 13.8 Å². The van der Waals surface area contributed by atoms with Gasteiger partial charge in [0.15, 0.2) is 0 Å². The van der Waals surface area contributed by atoms with Gasteiger partial charge in [-0.3, -0.25) is 0 Å². The smallest absolute Gasteiger partial charge is 0.334 e. The minimum absolute atomic E-state index is 0.142. The van der Waals surface area contributed by atoms with E-state index in [9.17, 15) is 9.59 Å². The molecule has 0 spiro atoms. The summed E-state index contributed by atoms with van der Waals surface area (Å²) in [6, 6.07) is 0. The Morgan fingerprint density at radius 2 is 1.53 bits per heavy atom. The molecular weight excluding hydrogens is 220 g/mol. The van der Waals surface area contributed by atoms with Gasteiger partial charge in [0.25, 0.3) is 0 Å². The van der Waals surface area contributed by atoms with E-state index in [1.807, 2.05) is 20.8 Å². The SMILES string of the molecule is CCC(C)OC(=O)/C=C(/C)C(=O)OC(C)CC. The first-order valence-corrected chi connectivity index (χ1v) is 6.00. The Balaban J connectivity index is 4.32. The summed E-state index contributed by atoms with van der Waals surface area (Å²) >= 11 is 0. The second-order valence-electron chi connectivity index (χ2n) is 4.11. The molecule has 17 heavy (non-hydrogen) atoms. The summed E-state index contributed by atoms with van der Waals surface area (Å²) in [7, 11) is 0. The summed E-state index contributed by atoms with van der Waals surface area (Å²) < 4.78 is 10.1. The molecule has 0 aromatic rings. The molecule has 0 bridgehead atoms. The average molecular weight is 242 g/mol. The molecule has 4 nitrogen and oxygen atoms in total. The summed E-state index contributed by atoms with van der Waals surface area (Å²) in [6.45, 7) is 9.00. The molecule has 0 aromatic heterocycles. The molecular formula is C13H22O4. The van der Waals surface area contributed by atoms with Crippen molar-refractivity contribution < 1.29 is 19.1 Å². The highest BCUT2D eigenvalue weighted by molar-refractivity contribution is 5.95. The van der Waals surface area contributed by atoms with Gasteiger partial charge in [-0.1, -0.05) is 13.8 Å². The van der Waals surface area contributed by atoms with E-state index in [0.717, 1.165) is 12.8 Å². The Hall–Kier alpha value is -1.32. The van der Waals surface area contributed by atoms with Gasteiger partial charge in [0, 0.05) is 11.6 Å². The van der Waals surface area contributed by atoms with E-state index in [0.29, 0.717) is 0 Å². The van der Waals surface area contributed by atoms with E-state index in [2.05, 4.69) is 0 Å². The molecule has 0 rings (SSSR count). The van der Waals surface area contributed by atoms with Gasteiger partial charge in [0.1, 0.15) is 0 Å². The highest BCUT2D eigenvalue weighted by Gasteiger charge is 2.12. The molecule has 0 aromatic carbocycles. The fourth-order valence-electron chi connectivity index (χ4n) is 0.910. The summed E-state index contributed by atoms with van der Waals surface area (Å²) in [5.74, 6) is -0.974. The van der Waals surface area contributed by atoms with Crippen LogP contribution in [0, 0.1) is 0 Å². The van der Waals surface area contributed by atoms with Crippen molar-refractivity contribution in [2.45, 2.75) is 59.7 Å². The maximum absolute atomic E-state index is 11.5. The van der Waals surface area contributed by atoms with Crippen molar-refractivity contribution in [1.82, 2.24) is 0 Å². The minimum Gasteiger partial charge on any atom is -0.460 e. The second-order valence-corrected chi connectivity index (χ2v) is 4.11. The molecule has 0 N–H and O–H groups in total. The van der Waals surface area contributed by atoms with E-state index in [-0.39, 0.29) is 17.8 Å². The largest absolute Gasteiger partial charge is 0.460 e. The first kappa shape index (κ1) is 15.7. The standard InChI is InChI=1S/C13H22O4/c1-6-10(4)16-12(14)8-9(3)13(15)17-11(5)7-2/h8,10-11H,6-7H2,1-5H3/b9-8-. The molecule has 2 atom stereocenters. The van der Waals surface area contributed by atoms with Crippen LogP contribution in [0.15, 0.2) is 11.6 Å². The monoisotopic (exact) mass is 242 g/mol. The summed E-state index contributed by atoms with van der Waals surface area (Å²) in [6.07, 6.45) is 2.39. The van der Waals surface area contributed by atoms with Gasteiger partial charge in [-0.15, -0.1) is 0 Å². The lowest BCUT2D eigenvalue weighted by atomic mass is 10.2. The van der Waals surface area contributed by atoms with Crippen LogP contribution in [0.1, 0.15) is 47.5 Å². The predicted octanol–water partition coefficient (Wildman–Crippen LogP) is 2.62. The Labute approximate surface area is 103 Å². The average Bonchev–Trinajstić information content (AvgIpc) is 2.28. The van der Waals surface area contributed by atoms with Crippen molar-refractivity contribution in [3.8, 4) is 0 Å². The Morgan fingerprint density at radius 1 is 1.06 bits per heavy atom. The van der Waals surface area contributed by atoms with Crippen LogP contribution in [-0.4, -0.2) is 24.1 Å². The highest BCUT2D eigenvalue weighted by atomic mass is 16.5. The molecule has 0 aliphatic heterocycles. The van der Waals surface area contributed by atoms with Crippen molar-refractivity contribution in [3.05, 3.63) is 11.6 Å². The molecule has 0 radical (unpaired) electrons. The van der Waals surface area contributed by atoms with Crippen molar-refractivity contribution in [2.75, 3.05) is 0 Å². The molecule has 0 fully saturated rings. The number of rotatable bonds is 6. The van der Waals surface area contributed by atoms with Crippen LogP contribution in [0.5, 0.6) is 0 Å². The normalized spacial score (nSPS) is 15.0. The van der Waals surface area contributed by atoms with Crippen molar-refractivity contribution in [1.29, 1.82) is 0 Å². The Kier molecular flexibility index (Phi) is 7.26. The van der Waals surface area contributed by atoms with Gasteiger partial charge < -0.3 is 9.47 Å². The summed E-state index contributed by atoms with van der Waals surface area (Å²) in [4.78, 5) is 22.9. The summed E-state index contributed by atoms with van der Waals surface area (Å²) in [5.41, 5.74) is 0.263. The Morgan fingerprint density at radius 3 is 2.00 bits per heavy atom. The van der Waals surface area contributed by atoms with Gasteiger partial charge in [-0.05, 0) is 33.6 Å². The first-order valence-electron chi connectivity index (χ1n) is 6.00. The van der Waals surface area contributed by atoms with E-state index >= 15 is 0 Å². The zero-order chi connectivity index (χ0) is 13.4. The molecule has 0 saturated heterocycles. The van der Waals surface area contributed by atoms with Crippen molar-refractivity contribution >= 4 is 11.9 Å². The van der Waals surface area contributed by atoms with E-state index in [1.165, 1.54) is 6.08 Å². The third-order valence-electron chi connectivity index (χ3n) is 2.43. The second kappa shape index (κ2) is 7.87. The van der Waals surface area contributed by atoms with Gasteiger partial charge >= 0.3 is 11.9 Å². The number of hydrogen-bond acceptors (Lipinski definition) is 4. The van der Waals surface area contributed by atoms with Crippen LogP contribution < -0.4 is 0 Å². The van der Waals surface area contributed by atoms with Gasteiger partial charge in [0.05, 0.1) is 12.2 Å². The summed E-state index contributed by atoms with van der Waals surface area (Å²) in [5, 5.41) is 0. The molecule has 0 amide bonds. The molecule has 2 unspecified atom stereocenters. The predicted molar refractivity (Wildman–Crippen MR) is 65.4 cm³/mol. The maximum atomic E-state index is 11.5. The third-order valence-corrected chi connectivity index (χ3v) is 2.43. The third kappa shape index (κ3) is 6.76. The maximum Gasteiger partial charge on any atom is 0.334 e. The number of hydrogen-bond donors (Lipinski definition) is 0. The molecule has 0 saturated carbocycles. The molecule has 98 valence electrons. The zero-order valence-electron chi connectivity index (χ0n) is 11.3. The lowest BCUT2D eigenvalue weighted by Crippen LogP contribution is -2.17. The molecule has 0 aliphatic carbocycles. The molecule has 4 heteroatoms. The number of carbonyl (C=O) groups is 2. The van der Waals surface area contributed by atoms with Gasteiger partial charge in [0.2, 0.25) is 0 Å². The van der Waals surface area contributed by atoms with E-state index in [4.69, 9.17) is 9.47 Å². The van der Waals surface area contributed by atoms with E-state index < -0.39 is 11.9 Å². The van der Waals surface area contributed by atoms with Crippen LogP contribution in [0.4, 0.5) is 0 Å². The van der Waals surface area contributed by atoms with Crippen LogP contribution in [0.3, 0.4) is 0 Å². The zero-order valence-corrected chi connectivity index (χ0v) is 11.3. The molecule has 0 aliphatic rings. The van der Waals surface area contributed by atoms with Gasteiger partial charge in [-0.25, -0.2) is 9.59 Å². The number of esters is 2. The lowest BCUT2D eigenvalue weighted by Gasteiger charge is -2.11. The first-order chi connectivity index (χ1) is 7.90. The topological polar surface area (TPSA) is 52.6 Å². The van der Waals surface area contributed by atoms with Gasteiger partial charge in [-0.2, -0.15) is 0 Å². The number of ether oxygens (including phenoxy) is 2.